The maximum Gasteiger partial charge on any atom is 0.229 e. The number of Topliss-reactive ketones (excluding diaryl/α,β-unsaturated/α-hetero) is 1. The summed E-state index contributed by atoms with van der Waals surface area (Å²) in [6, 6.07) is 5.92. The molecule has 0 spiro atoms. The van der Waals surface area contributed by atoms with Crippen LogP contribution in [0.5, 0.6) is 5.75 Å². The number of aliphatic hydroxyl groups excluding tert-OH is 4. The van der Waals surface area contributed by atoms with Gasteiger partial charge in [0, 0.05) is 11.8 Å². The van der Waals surface area contributed by atoms with Gasteiger partial charge in [-0.3, -0.25) is 4.79 Å². The van der Waals surface area contributed by atoms with Crippen molar-refractivity contribution in [2.45, 2.75) is 82.1 Å². The molecule has 0 amide bonds. The SMILES string of the molecule is C[C@]12CC[C@@H]3c4ccc(OC5O[C@H](CO)[C@@H](O)[C@H](O)[C@H]5O)cc4CC[C@H]3[C@@H]1CCC2=O. The van der Waals surface area contributed by atoms with Crippen molar-refractivity contribution in [2.24, 2.45) is 17.3 Å². The summed E-state index contributed by atoms with van der Waals surface area (Å²) in [5.74, 6) is 2.48. The second-order valence-corrected chi connectivity index (χ2v) is 10.0. The van der Waals surface area contributed by atoms with Crippen molar-refractivity contribution < 1.29 is 34.7 Å². The number of hydrogen-bond donors (Lipinski definition) is 4. The first-order chi connectivity index (χ1) is 14.8. The molecule has 0 radical (unpaired) electrons. The van der Waals surface area contributed by atoms with Crippen LogP contribution in [-0.2, 0) is 16.0 Å². The van der Waals surface area contributed by atoms with Gasteiger partial charge in [-0.2, -0.15) is 0 Å². The molecule has 0 bridgehead atoms. The van der Waals surface area contributed by atoms with Crippen LogP contribution in [0.4, 0.5) is 0 Å². The molecule has 1 unspecified atom stereocenters. The van der Waals surface area contributed by atoms with Crippen molar-refractivity contribution >= 4 is 5.78 Å². The van der Waals surface area contributed by atoms with Gasteiger partial charge in [0.25, 0.3) is 0 Å². The number of fused-ring (bicyclic) bond motifs is 5. The van der Waals surface area contributed by atoms with Gasteiger partial charge in [0.2, 0.25) is 6.29 Å². The van der Waals surface area contributed by atoms with Crippen LogP contribution in [-0.4, -0.2) is 63.5 Å². The van der Waals surface area contributed by atoms with Crippen molar-refractivity contribution in [1.29, 1.82) is 0 Å². The van der Waals surface area contributed by atoms with Crippen molar-refractivity contribution in [3.63, 3.8) is 0 Å². The van der Waals surface area contributed by atoms with Crippen LogP contribution in [0.15, 0.2) is 18.2 Å². The van der Waals surface area contributed by atoms with E-state index in [-0.39, 0.29) is 5.41 Å². The van der Waals surface area contributed by atoms with E-state index >= 15 is 0 Å². The van der Waals surface area contributed by atoms with E-state index in [2.05, 4.69) is 13.0 Å². The molecule has 170 valence electrons. The molecule has 1 heterocycles. The van der Waals surface area contributed by atoms with E-state index in [1.165, 1.54) is 11.1 Å². The van der Waals surface area contributed by atoms with Crippen LogP contribution in [0.1, 0.15) is 56.1 Å². The summed E-state index contributed by atoms with van der Waals surface area (Å²) in [5, 5.41) is 39.5. The van der Waals surface area contributed by atoms with Gasteiger partial charge in [0.15, 0.2) is 0 Å². The highest BCUT2D eigenvalue weighted by atomic mass is 16.7. The Morgan fingerprint density at radius 2 is 1.90 bits per heavy atom. The van der Waals surface area contributed by atoms with E-state index < -0.39 is 37.3 Å². The molecule has 3 aliphatic carbocycles. The minimum Gasteiger partial charge on any atom is -0.462 e. The standard InChI is InChI=1S/C24H32O7/c1-24-9-8-15-14-5-3-13(30-23-22(29)21(28)20(27)18(11-25)31-23)10-12(14)2-4-16(15)17(24)6-7-19(24)26/h3,5,10,15-18,20-23,25,27-29H,2,4,6-9,11H2,1H3/t15-,16-,17+,18-,20-,21+,22-,23?,24+/m1/s1. The Bertz CT molecular complexity index is 854. The smallest absolute Gasteiger partial charge is 0.229 e. The largest absolute Gasteiger partial charge is 0.462 e. The first-order valence-corrected chi connectivity index (χ1v) is 11.5. The number of aliphatic hydroxyl groups is 4. The molecule has 7 nitrogen and oxygen atoms in total. The third-order valence-corrected chi connectivity index (χ3v) is 8.51. The molecular weight excluding hydrogens is 400 g/mol. The zero-order chi connectivity index (χ0) is 21.9. The molecule has 2 saturated carbocycles. The van der Waals surface area contributed by atoms with Crippen molar-refractivity contribution in [2.75, 3.05) is 6.61 Å². The fourth-order valence-electron chi connectivity index (χ4n) is 6.70. The fourth-order valence-corrected chi connectivity index (χ4v) is 6.70. The number of benzene rings is 1. The number of ether oxygens (including phenoxy) is 2. The summed E-state index contributed by atoms with van der Waals surface area (Å²) in [7, 11) is 0. The molecule has 31 heavy (non-hydrogen) atoms. The average Bonchev–Trinajstić information content (AvgIpc) is 3.08. The van der Waals surface area contributed by atoms with Crippen LogP contribution >= 0.6 is 0 Å². The summed E-state index contributed by atoms with van der Waals surface area (Å²) in [5.41, 5.74) is 2.42. The molecule has 1 saturated heterocycles. The maximum atomic E-state index is 12.5. The van der Waals surface area contributed by atoms with Gasteiger partial charge in [-0.05, 0) is 73.1 Å². The Labute approximate surface area is 182 Å². The lowest BCUT2D eigenvalue weighted by atomic mass is 9.55. The number of aryl methyl sites for hydroxylation is 1. The molecule has 3 fully saturated rings. The second-order valence-electron chi connectivity index (χ2n) is 10.0. The average molecular weight is 433 g/mol. The predicted octanol–water partition coefficient (Wildman–Crippen LogP) is 1.29. The Kier molecular flexibility index (Phi) is 5.38. The van der Waals surface area contributed by atoms with Crippen LogP contribution in [0, 0.1) is 17.3 Å². The number of ketones is 1. The normalized spacial score (nSPS) is 44.4. The first kappa shape index (κ1) is 21.3. The zero-order valence-electron chi connectivity index (χ0n) is 17.8. The monoisotopic (exact) mass is 432 g/mol. The highest BCUT2D eigenvalue weighted by molar-refractivity contribution is 5.87. The van der Waals surface area contributed by atoms with Crippen molar-refractivity contribution in [3.8, 4) is 5.75 Å². The van der Waals surface area contributed by atoms with Gasteiger partial charge >= 0.3 is 0 Å². The minimum atomic E-state index is -1.46. The highest BCUT2D eigenvalue weighted by Crippen LogP contribution is 2.59. The van der Waals surface area contributed by atoms with E-state index in [1.807, 2.05) is 12.1 Å². The van der Waals surface area contributed by atoms with Gasteiger partial charge in [-0.1, -0.05) is 13.0 Å². The van der Waals surface area contributed by atoms with Gasteiger partial charge < -0.3 is 29.9 Å². The molecule has 4 aliphatic rings. The quantitative estimate of drug-likeness (QED) is 0.569. The minimum absolute atomic E-state index is 0.134. The number of carbonyl (C=O) groups excluding carboxylic acids is 1. The van der Waals surface area contributed by atoms with Gasteiger partial charge in [-0.25, -0.2) is 0 Å². The lowest BCUT2D eigenvalue weighted by molar-refractivity contribution is -0.277. The highest BCUT2D eigenvalue weighted by Gasteiger charge is 2.54. The summed E-state index contributed by atoms with van der Waals surface area (Å²) < 4.78 is 11.3. The molecule has 1 aromatic carbocycles. The van der Waals surface area contributed by atoms with E-state index in [1.54, 1.807) is 0 Å². The number of rotatable bonds is 3. The Hall–Kier alpha value is -1.51. The lowest BCUT2D eigenvalue weighted by Crippen LogP contribution is -2.60. The van der Waals surface area contributed by atoms with Gasteiger partial charge in [-0.15, -0.1) is 0 Å². The summed E-state index contributed by atoms with van der Waals surface area (Å²) >= 11 is 0. The lowest BCUT2D eigenvalue weighted by Gasteiger charge is -2.48. The molecule has 9 atom stereocenters. The van der Waals surface area contributed by atoms with Gasteiger partial charge in [0.05, 0.1) is 6.61 Å². The van der Waals surface area contributed by atoms with E-state index in [9.17, 15) is 25.2 Å². The zero-order valence-corrected chi connectivity index (χ0v) is 17.8. The molecule has 1 aliphatic heterocycles. The molecule has 0 aromatic heterocycles. The van der Waals surface area contributed by atoms with E-state index in [0.29, 0.717) is 29.3 Å². The predicted molar refractivity (Wildman–Crippen MR) is 110 cm³/mol. The summed E-state index contributed by atoms with van der Waals surface area (Å²) in [4.78, 5) is 12.5. The van der Waals surface area contributed by atoms with Gasteiger partial charge in [0.1, 0.15) is 35.9 Å². The summed E-state index contributed by atoms with van der Waals surface area (Å²) in [6.07, 6.45) is -0.736. The van der Waals surface area contributed by atoms with Crippen LogP contribution in [0.25, 0.3) is 0 Å². The maximum absolute atomic E-state index is 12.5. The Morgan fingerprint density at radius 3 is 2.68 bits per heavy atom. The number of hydrogen-bond acceptors (Lipinski definition) is 7. The molecular formula is C24H32O7. The first-order valence-electron chi connectivity index (χ1n) is 11.5. The molecule has 7 heteroatoms. The Balaban J connectivity index is 1.34. The fraction of sp³-hybridized carbons (Fsp3) is 0.708. The Morgan fingerprint density at radius 1 is 1.10 bits per heavy atom. The third-order valence-electron chi connectivity index (χ3n) is 8.51. The topological polar surface area (TPSA) is 116 Å². The van der Waals surface area contributed by atoms with Crippen LogP contribution < -0.4 is 4.74 Å². The van der Waals surface area contributed by atoms with Crippen LogP contribution in [0.3, 0.4) is 0 Å². The number of carbonyl (C=O) groups is 1. The van der Waals surface area contributed by atoms with E-state index in [4.69, 9.17) is 9.47 Å². The molecule has 5 rings (SSSR count). The van der Waals surface area contributed by atoms with Crippen LogP contribution in [0.2, 0.25) is 0 Å². The second kappa shape index (κ2) is 7.81. The van der Waals surface area contributed by atoms with Crippen molar-refractivity contribution in [1.82, 2.24) is 0 Å². The summed E-state index contributed by atoms with van der Waals surface area (Å²) in [6.45, 7) is 1.69. The third kappa shape index (κ3) is 3.33. The molecule has 1 aromatic rings. The van der Waals surface area contributed by atoms with E-state index in [0.717, 1.165) is 38.5 Å². The van der Waals surface area contributed by atoms with Crippen molar-refractivity contribution in [3.05, 3.63) is 29.3 Å². The molecule has 4 N–H and O–H groups in total.